The summed E-state index contributed by atoms with van der Waals surface area (Å²) < 4.78 is 40.8. The van der Waals surface area contributed by atoms with Crippen LogP contribution in [0.5, 0.6) is 5.75 Å². The van der Waals surface area contributed by atoms with Crippen LogP contribution in [0.25, 0.3) is 0 Å². The second-order valence-electron chi connectivity index (χ2n) is 9.61. The Kier molecular flexibility index (Phi) is 10.8. The molecule has 37 heavy (non-hydrogen) atoms. The predicted molar refractivity (Wildman–Crippen MR) is 146 cm³/mol. The molecule has 1 aromatic carbocycles. The number of hydrogen-bond donors (Lipinski definition) is 3. The molecule has 1 aliphatic heterocycles. The molecule has 4 atom stereocenters. The Bertz CT molecular complexity index is 1110. The second-order valence-corrected chi connectivity index (χ2v) is 12.5. The van der Waals surface area contributed by atoms with Gasteiger partial charge in [-0.1, -0.05) is 13.0 Å². The maximum Gasteiger partial charge on any atom is 0.271 e. The van der Waals surface area contributed by atoms with Crippen molar-refractivity contribution in [1.29, 1.82) is 0 Å². The van der Waals surface area contributed by atoms with Gasteiger partial charge in [0.1, 0.15) is 9.96 Å². The van der Waals surface area contributed by atoms with E-state index in [2.05, 4.69) is 10.0 Å². The molecule has 3 rings (SSSR count). The van der Waals surface area contributed by atoms with E-state index < -0.39 is 16.1 Å². The fourth-order valence-electron chi connectivity index (χ4n) is 4.30. The quantitative estimate of drug-likeness (QED) is 0.480. The minimum absolute atomic E-state index is 0.0165. The number of nitrogens with zero attached hydrogens (tertiary/aromatic N) is 1. The average Bonchev–Trinajstić information content (AvgIpc) is 3.42. The number of benzene rings is 1. The highest BCUT2D eigenvalue weighted by Crippen LogP contribution is 2.30. The summed E-state index contributed by atoms with van der Waals surface area (Å²) in [7, 11) is -1.92. The molecule has 1 amide bonds. The number of carbonyl (C=O) groups excluding carboxylic acids is 1. The molecule has 3 N–H and O–H groups in total. The molecule has 206 valence electrons. The Hall–Kier alpha value is -2.18. The van der Waals surface area contributed by atoms with E-state index in [4.69, 9.17) is 9.47 Å². The molecule has 0 spiro atoms. The van der Waals surface area contributed by atoms with Crippen molar-refractivity contribution in [2.24, 2.45) is 5.92 Å². The summed E-state index contributed by atoms with van der Waals surface area (Å²) in [6, 6.07) is 7.49. The molecule has 0 saturated carbocycles. The topological polar surface area (TPSA) is 117 Å². The van der Waals surface area contributed by atoms with Gasteiger partial charge in [0.25, 0.3) is 15.9 Å². The lowest BCUT2D eigenvalue weighted by Gasteiger charge is -2.34. The molecule has 0 bridgehead atoms. The summed E-state index contributed by atoms with van der Waals surface area (Å²) in [6.45, 7) is 7.17. The van der Waals surface area contributed by atoms with Crippen LogP contribution in [0.2, 0.25) is 0 Å². The first-order valence-electron chi connectivity index (χ1n) is 12.7. The number of aliphatic hydroxyl groups excluding tert-OH is 1. The van der Waals surface area contributed by atoms with Gasteiger partial charge in [0.05, 0.1) is 30.4 Å². The van der Waals surface area contributed by atoms with E-state index in [0.717, 1.165) is 30.6 Å². The number of sulfonamides is 1. The van der Waals surface area contributed by atoms with Gasteiger partial charge in [-0.15, -0.1) is 11.3 Å². The Morgan fingerprint density at radius 2 is 2.03 bits per heavy atom. The third-order valence-electron chi connectivity index (χ3n) is 6.47. The maximum absolute atomic E-state index is 14.0. The Labute approximate surface area is 224 Å². The van der Waals surface area contributed by atoms with Crippen LogP contribution in [0.15, 0.2) is 39.9 Å². The third kappa shape index (κ3) is 7.90. The van der Waals surface area contributed by atoms with Crippen LogP contribution in [-0.4, -0.2) is 75.9 Å². The number of aliphatic hydroxyl groups is 1. The van der Waals surface area contributed by atoms with Gasteiger partial charge in [-0.25, -0.2) is 8.42 Å². The van der Waals surface area contributed by atoms with Crippen LogP contribution in [0.3, 0.4) is 0 Å². The fraction of sp³-hybridized carbons (Fsp3) is 0.577. The number of rotatable bonds is 7. The van der Waals surface area contributed by atoms with E-state index in [1.54, 1.807) is 35.4 Å². The van der Waals surface area contributed by atoms with E-state index >= 15 is 0 Å². The Morgan fingerprint density at radius 1 is 1.24 bits per heavy atom. The zero-order valence-corrected chi connectivity index (χ0v) is 23.6. The van der Waals surface area contributed by atoms with Gasteiger partial charge in [0.2, 0.25) is 0 Å². The summed E-state index contributed by atoms with van der Waals surface area (Å²) in [6.07, 6.45) is 2.33. The van der Waals surface area contributed by atoms with Crippen molar-refractivity contribution in [2.45, 2.75) is 62.5 Å². The zero-order chi connectivity index (χ0) is 27.0. The van der Waals surface area contributed by atoms with Crippen molar-refractivity contribution in [2.75, 3.05) is 38.1 Å². The lowest BCUT2D eigenvalue weighted by atomic mass is 10.0. The molecule has 0 radical (unpaired) electrons. The number of amides is 1. The van der Waals surface area contributed by atoms with Crippen molar-refractivity contribution in [3.05, 3.63) is 41.3 Å². The highest BCUT2D eigenvalue weighted by atomic mass is 32.2. The van der Waals surface area contributed by atoms with E-state index in [1.807, 2.05) is 20.9 Å². The minimum Gasteiger partial charge on any atom is -0.490 e. The SMILES string of the molecule is CNC[C@@H]1OCCCC[C@@H](C)Oc2ccc(NS(=O)(=O)c3cccs3)cc2C(=O)N([C@H](C)CO)C[C@H]1C. The summed E-state index contributed by atoms with van der Waals surface area (Å²) in [5.74, 6) is 0.0321. The van der Waals surface area contributed by atoms with Crippen LogP contribution in [0, 0.1) is 5.92 Å². The van der Waals surface area contributed by atoms with E-state index in [1.165, 1.54) is 12.1 Å². The normalized spacial score (nSPS) is 23.0. The van der Waals surface area contributed by atoms with Crippen LogP contribution in [0.4, 0.5) is 5.69 Å². The Morgan fingerprint density at radius 3 is 2.70 bits per heavy atom. The number of nitrogens with one attached hydrogen (secondary N) is 2. The van der Waals surface area contributed by atoms with Crippen molar-refractivity contribution in [1.82, 2.24) is 10.2 Å². The van der Waals surface area contributed by atoms with Crippen molar-refractivity contribution >= 4 is 33.0 Å². The molecule has 1 aliphatic rings. The molecule has 0 saturated heterocycles. The molecule has 0 fully saturated rings. The van der Waals surface area contributed by atoms with Gasteiger partial charge < -0.3 is 24.8 Å². The molecule has 2 heterocycles. The molecule has 0 unspecified atom stereocenters. The number of fused-ring (bicyclic) bond motifs is 1. The largest absolute Gasteiger partial charge is 0.490 e. The smallest absolute Gasteiger partial charge is 0.271 e. The molecular weight excluding hydrogens is 514 g/mol. The van der Waals surface area contributed by atoms with Crippen molar-refractivity contribution in [3.8, 4) is 5.75 Å². The number of hydrogen-bond acceptors (Lipinski definition) is 8. The van der Waals surface area contributed by atoms with Crippen LogP contribution in [0.1, 0.15) is 50.4 Å². The van der Waals surface area contributed by atoms with E-state index in [9.17, 15) is 18.3 Å². The molecule has 0 aliphatic carbocycles. The highest BCUT2D eigenvalue weighted by molar-refractivity contribution is 7.94. The first-order valence-corrected chi connectivity index (χ1v) is 15.1. The lowest BCUT2D eigenvalue weighted by Crippen LogP contribution is -2.47. The van der Waals surface area contributed by atoms with Gasteiger partial charge in [-0.3, -0.25) is 9.52 Å². The van der Waals surface area contributed by atoms with Crippen molar-refractivity contribution in [3.63, 3.8) is 0 Å². The maximum atomic E-state index is 14.0. The Balaban J connectivity index is 2.01. The van der Waals surface area contributed by atoms with Gasteiger partial charge in [0.15, 0.2) is 0 Å². The van der Waals surface area contributed by atoms with Gasteiger partial charge in [-0.2, -0.15) is 0 Å². The van der Waals surface area contributed by atoms with Gasteiger partial charge in [-0.05, 0) is 69.8 Å². The first-order chi connectivity index (χ1) is 17.7. The summed E-state index contributed by atoms with van der Waals surface area (Å²) in [5, 5.41) is 14.8. The fourth-order valence-corrected chi connectivity index (χ4v) is 6.34. The highest BCUT2D eigenvalue weighted by Gasteiger charge is 2.30. The molecule has 9 nitrogen and oxygen atoms in total. The van der Waals surface area contributed by atoms with Crippen LogP contribution in [-0.2, 0) is 14.8 Å². The van der Waals surface area contributed by atoms with Crippen LogP contribution < -0.4 is 14.8 Å². The number of ether oxygens (including phenoxy) is 2. The number of thiophene rings is 1. The molecule has 1 aromatic heterocycles. The summed E-state index contributed by atoms with van der Waals surface area (Å²) in [4.78, 5) is 15.6. The zero-order valence-electron chi connectivity index (χ0n) is 22.0. The third-order valence-corrected chi connectivity index (χ3v) is 9.25. The second kappa shape index (κ2) is 13.6. The summed E-state index contributed by atoms with van der Waals surface area (Å²) in [5.41, 5.74) is 0.507. The monoisotopic (exact) mass is 553 g/mol. The lowest BCUT2D eigenvalue weighted by molar-refractivity contribution is -0.000450. The molecular formula is C26H39N3O6S2. The molecule has 11 heteroatoms. The molecule has 2 aromatic rings. The minimum atomic E-state index is -3.79. The van der Waals surface area contributed by atoms with E-state index in [-0.39, 0.29) is 46.1 Å². The number of likely N-dealkylation sites (N-methyl/N-ethyl adjacent to an activating group) is 1. The van der Waals surface area contributed by atoms with Gasteiger partial charge in [0, 0.05) is 31.3 Å². The van der Waals surface area contributed by atoms with Crippen molar-refractivity contribution < 1.29 is 27.8 Å². The predicted octanol–water partition coefficient (Wildman–Crippen LogP) is 3.56. The average molecular weight is 554 g/mol. The summed E-state index contributed by atoms with van der Waals surface area (Å²) >= 11 is 1.11. The standard InChI is InChI=1S/C26H39N3O6S2/c1-18-16-29(19(2)17-30)26(31)22-14-21(28-37(32,33)25-9-7-13-36-25)10-11-23(22)35-20(3)8-5-6-12-34-24(18)15-27-4/h7,9-11,13-14,18-20,24,27-28,30H,5-6,8,12,15-17H2,1-4H3/t18-,19-,20-,24+/m1/s1. The number of anilines is 1. The van der Waals surface area contributed by atoms with Gasteiger partial charge >= 0.3 is 0 Å². The number of carbonyl (C=O) groups is 1. The first kappa shape index (κ1) is 29.4. The van der Waals surface area contributed by atoms with Crippen LogP contribution >= 0.6 is 11.3 Å². The van der Waals surface area contributed by atoms with E-state index in [0.29, 0.717) is 25.4 Å².